The van der Waals surface area contributed by atoms with E-state index in [0.717, 1.165) is 17.3 Å². The van der Waals surface area contributed by atoms with Gasteiger partial charge in [-0.15, -0.1) is 0 Å². The zero-order chi connectivity index (χ0) is 13.0. The topological polar surface area (TPSA) is 20.3 Å². The first-order chi connectivity index (χ1) is 7.95. The van der Waals surface area contributed by atoms with E-state index in [-0.39, 0.29) is 11.9 Å². The zero-order valence-electron chi connectivity index (χ0n) is 10.3. The van der Waals surface area contributed by atoms with Crippen LogP contribution in [0.2, 0.25) is 5.02 Å². The summed E-state index contributed by atoms with van der Waals surface area (Å²) in [6, 6.07) is 5.51. The Morgan fingerprint density at radius 1 is 1.47 bits per heavy atom. The van der Waals surface area contributed by atoms with Crippen molar-refractivity contribution in [3.63, 3.8) is 0 Å². The molecule has 94 valence electrons. The van der Waals surface area contributed by atoms with E-state index < -0.39 is 0 Å². The molecule has 0 bridgehead atoms. The van der Waals surface area contributed by atoms with Crippen molar-refractivity contribution in [2.45, 2.75) is 32.7 Å². The maximum Gasteiger partial charge on any atom is 0.253 e. The van der Waals surface area contributed by atoms with Crippen molar-refractivity contribution in [3.05, 3.63) is 33.3 Å². The van der Waals surface area contributed by atoms with E-state index in [4.69, 9.17) is 11.6 Å². The van der Waals surface area contributed by atoms with Crippen LogP contribution in [0.5, 0.6) is 0 Å². The van der Waals surface area contributed by atoms with Gasteiger partial charge in [0.05, 0.1) is 0 Å². The molecule has 0 N–H and O–H groups in total. The number of carbonyl (C=O) groups excluding carboxylic acids is 1. The molecule has 1 amide bonds. The standard InChI is InChI=1S/C13H17BrClNO/c1-4-5-9(2)16(3)13(17)10-6-11(14)8-12(15)7-10/h6-9H,4-5H2,1-3H3. The molecule has 0 saturated heterocycles. The molecule has 0 aliphatic heterocycles. The van der Waals surface area contributed by atoms with Crippen molar-refractivity contribution < 1.29 is 4.79 Å². The van der Waals surface area contributed by atoms with Gasteiger partial charge >= 0.3 is 0 Å². The van der Waals surface area contributed by atoms with Crippen LogP contribution in [0.15, 0.2) is 22.7 Å². The number of amides is 1. The van der Waals surface area contributed by atoms with Crippen LogP contribution in [0.1, 0.15) is 37.0 Å². The highest BCUT2D eigenvalue weighted by atomic mass is 79.9. The van der Waals surface area contributed by atoms with Crippen molar-refractivity contribution in [2.24, 2.45) is 0 Å². The quantitative estimate of drug-likeness (QED) is 0.807. The molecular formula is C13H17BrClNO. The molecule has 1 unspecified atom stereocenters. The summed E-state index contributed by atoms with van der Waals surface area (Å²) in [6.07, 6.45) is 2.07. The summed E-state index contributed by atoms with van der Waals surface area (Å²) in [6.45, 7) is 4.17. The third-order valence-corrected chi connectivity index (χ3v) is 3.47. The molecule has 1 aromatic carbocycles. The second-order valence-corrected chi connectivity index (χ2v) is 5.56. The molecule has 1 aromatic rings. The summed E-state index contributed by atoms with van der Waals surface area (Å²) in [5, 5.41) is 0.569. The molecule has 0 radical (unpaired) electrons. The fourth-order valence-electron chi connectivity index (χ4n) is 1.69. The number of halogens is 2. The van der Waals surface area contributed by atoms with Gasteiger partial charge in [0.1, 0.15) is 0 Å². The first kappa shape index (κ1) is 14.5. The Morgan fingerprint density at radius 3 is 2.65 bits per heavy atom. The molecule has 0 saturated carbocycles. The Bertz CT molecular complexity index is 388. The van der Waals surface area contributed by atoms with E-state index in [1.807, 2.05) is 7.05 Å². The SMILES string of the molecule is CCCC(C)N(C)C(=O)c1cc(Cl)cc(Br)c1. The lowest BCUT2D eigenvalue weighted by molar-refractivity contribution is 0.0736. The first-order valence-corrected chi connectivity index (χ1v) is 6.86. The Hall–Kier alpha value is -0.540. The highest BCUT2D eigenvalue weighted by Crippen LogP contribution is 2.21. The van der Waals surface area contributed by atoms with Crippen molar-refractivity contribution >= 4 is 33.4 Å². The predicted octanol–water partition coefficient (Wildman–Crippen LogP) is 4.36. The van der Waals surface area contributed by atoms with E-state index >= 15 is 0 Å². The van der Waals surface area contributed by atoms with Gasteiger partial charge in [-0.25, -0.2) is 0 Å². The smallest absolute Gasteiger partial charge is 0.253 e. The largest absolute Gasteiger partial charge is 0.339 e. The molecule has 1 rings (SSSR count). The van der Waals surface area contributed by atoms with Crippen LogP contribution < -0.4 is 0 Å². The molecule has 0 aromatic heterocycles. The third kappa shape index (κ3) is 4.00. The molecule has 0 spiro atoms. The van der Waals surface area contributed by atoms with E-state index in [1.54, 1.807) is 23.1 Å². The zero-order valence-corrected chi connectivity index (χ0v) is 12.7. The normalized spacial score (nSPS) is 12.3. The average molecular weight is 319 g/mol. The number of rotatable bonds is 4. The van der Waals surface area contributed by atoms with Gasteiger partial charge in [0.15, 0.2) is 0 Å². The van der Waals surface area contributed by atoms with Crippen molar-refractivity contribution in [2.75, 3.05) is 7.05 Å². The monoisotopic (exact) mass is 317 g/mol. The van der Waals surface area contributed by atoms with E-state index in [0.29, 0.717) is 10.6 Å². The Labute approximate surface area is 116 Å². The highest BCUT2D eigenvalue weighted by Gasteiger charge is 2.17. The lowest BCUT2D eigenvalue weighted by atomic mass is 10.1. The molecule has 0 aliphatic rings. The molecule has 1 atom stereocenters. The maximum absolute atomic E-state index is 12.2. The third-order valence-electron chi connectivity index (χ3n) is 2.80. The number of carbonyl (C=O) groups is 1. The van der Waals surface area contributed by atoms with Crippen LogP contribution in [-0.2, 0) is 0 Å². The van der Waals surface area contributed by atoms with Gasteiger partial charge in [-0.05, 0) is 31.5 Å². The summed E-state index contributed by atoms with van der Waals surface area (Å²) >= 11 is 9.28. The van der Waals surface area contributed by atoms with E-state index in [2.05, 4.69) is 29.8 Å². The second kappa shape index (κ2) is 6.41. The maximum atomic E-state index is 12.2. The minimum absolute atomic E-state index is 0.00847. The van der Waals surface area contributed by atoms with Crippen molar-refractivity contribution in [1.29, 1.82) is 0 Å². The van der Waals surface area contributed by atoms with E-state index in [9.17, 15) is 4.79 Å². The molecule has 0 heterocycles. The van der Waals surface area contributed by atoms with Crippen LogP contribution in [0, 0.1) is 0 Å². The van der Waals surface area contributed by atoms with Gasteiger partial charge in [0, 0.05) is 28.1 Å². The Morgan fingerprint density at radius 2 is 2.12 bits per heavy atom. The van der Waals surface area contributed by atoms with Gasteiger partial charge in [-0.1, -0.05) is 40.9 Å². The molecule has 4 heteroatoms. The van der Waals surface area contributed by atoms with Gasteiger partial charge in [-0.2, -0.15) is 0 Å². The molecule has 0 aliphatic carbocycles. The molecular weight excluding hydrogens is 302 g/mol. The van der Waals surface area contributed by atoms with Gasteiger partial charge in [0.2, 0.25) is 0 Å². The highest BCUT2D eigenvalue weighted by molar-refractivity contribution is 9.10. The Kier molecular flexibility index (Phi) is 5.47. The average Bonchev–Trinajstić information content (AvgIpc) is 2.26. The van der Waals surface area contributed by atoms with Crippen LogP contribution in [0.25, 0.3) is 0 Å². The number of nitrogens with zero attached hydrogens (tertiary/aromatic N) is 1. The second-order valence-electron chi connectivity index (χ2n) is 4.21. The van der Waals surface area contributed by atoms with Gasteiger partial charge in [-0.3, -0.25) is 4.79 Å². The minimum atomic E-state index is 0.00847. The van der Waals surface area contributed by atoms with Gasteiger partial charge < -0.3 is 4.90 Å². The van der Waals surface area contributed by atoms with E-state index in [1.165, 1.54) is 0 Å². The lowest BCUT2D eigenvalue weighted by Gasteiger charge is -2.24. The molecule has 17 heavy (non-hydrogen) atoms. The molecule has 2 nitrogen and oxygen atoms in total. The van der Waals surface area contributed by atoms with Crippen molar-refractivity contribution in [3.8, 4) is 0 Å². The lowest BCUT2D eigenvalue weighted by Crippen LogP contribution is -2.34. The number of hydrogen-bond donors (Lipinski definition) is 0. The summed E-state index contributed by atoms with van der Waals surface area (Å²) in [7, 11) is 1.83. The van der Waals surface area contributed by atoms with Gasteiger partial charge in [0.25, 0.3) is 5.91 Å². The summed E-state index contributed by atoms with van der Waals surface area (Å²) in [5.41, 5.74) is 0.620. The fourth-order valence-corrected chi connectivity index (χ4v) is 2.55. The Balaban J connectivity index is 2.88. The molecule has 0 fully saturated rings. The number of benzene rings is 1. The van der Waals surface area contributed by atoms with Crippen LogP contribution in [0.3, 0.4) is 0 Å². The summed E-state index contributed by atoms with van der Waals surface area (Å²) in [4.78, 5) is 14.0. The minimum Gasteiger partial charge on any atom is -0.339 e. The van der Waals surface area contributed by atoms with Crippen LogP contribution in [-0.4, -0.2) is 23.9 Å². The van der Waals surface area contributed by atoms with Crippen LogP contribution >= 0.6 is 27.5 Å². The van der Waals surface area contributed by atoms with Crippen LogP contribution in [0.4, 0.5) is 0 Å². The summed E-state index contributed by atoms with van der Waals surface area (Å²) in [5.74, 6) is 0.00847. The number of hydrogen-bond acceptors (Lipinski definition) is 1. The first-order valence-electron chi connectivity index (χ1n) is 5.69. The fraction of sp³-hybridized carbons (Fsp3) is 0.462. The van der Waals surface area contributed by atoms with Crippen molar-refractivity contribution in [1.82, 2.24) is 4.90 Å². The summed E-state index contributed by atoms with van der Waals surface area (Å²) < 4.78 is 0.824. The predicted molar refractivity (Wildman–Crippen MR) is 75.6 cm³/mol.